The lowest BCUT2D eigenvalue weighted by Crippen LogP contribution is -2.26. The molecule has 0 radical (unpaired) electrons. The van der Waals surface area contributed by atoms with Gasteiger partial charge < -0.3 is 10.3 Å². The predicted molar refractivity (Wildman–Crippen MR) is 78.2 cm³/mol. The fraction of sp³-hybridized carbons (Fsp3) is 0.188. The number of aromatic amines is 1. The van der Waals surface area contributed by atoms with Crippen molar-refractivity contribution in [2.45, 2.75) is 19.4 Å². The molecule has 19 heavy (non-hydrogen) atoms. The van der Waals surface area contributed by atoms with Gasteiger partial charge in [0.05, 0.1) is 5.54 Å². The molecule has 0 fully saturated rings. The van der Waals surface area contributed by atoms with Crippen molar-refractivity contribution in [2.24, 2.45) is 0 Å². The number of benzene rings is 1. The molecule has 0 aliphatic carbocycles. The highest BCUT2D eigenvalue weighted by atomic mass is 15.0. The van der Waals surface area contributed by atoms with Crippen LogP contribution in [-0.4, -0.2) is 9.97 Å². The van der Waals surface area contributed by atoms with E-state index in [-0.39, 0.29) is 5.54 Å². The standard InChI is InChI=1S/C16H15N3/c1-16(2)12-9-18-15-14(12)11(7-8-17-15)10-5-3-4-6-13(10)19-16/h3-9,19H,1-2H3,(H,17,18). The van der Waals surface area contributed by atoms with Crippen molar-refractivity contribution in [3.8, 4) is 11.1 Å². The van der Waals surface area contributed by atoms with Gasteiger partial charge in [0, 0.05) is 34.6 Å². The summed E-state index contributed by atoms with van der Waals surface area (Å²) >= 11 is 0. The first kappa shape index (κ1) is 10.6. The average molecular weight is 249 g/mol. The first-order chi connectivity index (χ1) is 9.17. The molecule has 2 N–H and O–H groups in total. The van der Waals surface area contributed by atoms with Crippen LogP contribution in [0.3, 0.4) is 0 Å². The van der Waals surface area contributed by atoms with Gasteiger partial charge in [-0.15, -0.1) is 0 Å². The minimum atomic E-state index is -0.122. The Morgan fingerprint density at radius 3 is 2.79 bits per heavy atom. The molecule has 2 aromatic heterocycles. The van der Waals surface area contributed by atoms with Crippen LogP contribution in [0.25, 0.3) is 22.2 Å². The van der Waals surface area contributed by atoms with E-state index in [2.05, 4.69) is 65.7 Å². The Kier molecular flexibility index (Phi) is 1.89. The normalized spacial score (nSPS) is 15.7. The smallest absolute Gasteiger partial charge is 0.138 e. The summed E-state index contributed by atoms with van der Waals surface area (Å²) in [6.07, 6.45) is 3.94. The molecule has 0 spiro atoms. The second-order valence-corrected chi connectivity index (χ2v) is 5.58. The lowest BCUT2D eigenvalue weighted by atomic mass is 9.93. The molecule has 3 nitrogen and oxygen atoms in total. The number of nitrogens with zero attached hydrogens (tertiary/aromatic N) is 1. The fourth-order valence-corrected chi connectivity index (χ4v) is 3.00. The first-order valence-electron chi connectivity index (χ1n) is 6.51. The zero-order valence-electron chi connectivity index (χ0n) is 11.0. The summed E-state index contributed by atoms with van der Waals surface area (Å²) in [5.41, 5.74) is 5.76. The highest BCUT2D eigenvalue weighted by molar-refractivity contribution is 6.01. The van der Waals surface area contributed by atoms with Crippen molar-refractivity contribution in [3.05, 3.63) is 48.3 Å². The van der Waals surface area contributed by atoms with E-state index in [0.29, 0.717) is 0 Å². The molecule has 3 heterocycles. The van der Waals surface area contributed by atoms with Crippen molar-refractivity contribution in [1.82, 2.24) is 9.97 Å². The van der Waals surface area contributed by atoms with E-state index < -0.39 is 0 Å². The minimum absolute atomic E-state index is 0.122. The van der Waals surface area contributed by atoms with Gasteiger partial charge in [-0.2, -0.15) is 0 Å². The van der Waals surface area contributed by atoms with Crippen LogP contribution in [0, 0.1) is 0 Å². The number of aromatic nitrogens is 2. The van der Waals surface area contributed by atoms with Gasteiger partial charge in [-0.05, 0) is 31.5 Å². The molecule has 0 saturated heterocycles. The van der Waals surface area contributed by atoms with E-state index in [1.165, 1.54) is 27.8 Å². The van der Waals surface area contributed by atoms with Gasteiger partial charge in [0.25, 0.3) is 0 Å². The van der Waals surface area contributed by atoms with Crippen molar-refractivity contribution in [2.75, 3.05) is 5.32 Å². The van der Waals surface area contributed by atoms with Gasteiger partial charge in [0.2, 0.25) is 0 Å². The van der Waals surface area contributed by atoms with Gasteiger partial charge in [-0.3, -0.25) is 0 Å². The van der Waals surface area contributed by atoms with Crippen LogP contribution in [0.1, 0.15) is 19.4 Å². The Morgan fingerprint density at radius 1 is 1.05 bits per heavy atom. The summed E-state index contributed by atoms with van der Waals surface area (Å²) in [6, 6.07) is 10.6. The summed E-state index contributed by atoms with van der Waals surface area (Å²) < 4.78 is 0. The predicted octanol–water partition coefficient (Wildman–Crippen LogP) is 3.89. The van der Waals surface area contributed by atoms with Crippen molar-refractivity contribution < 1.29 is 0 Å². The Hall–Kier alpha value is -2.29. The molecule has 0 saturated carbocycles. The maximum atomic E-state index is 4.44. The van der Waals surface area contributed by atoms with Crippen LogP contribution in [0.4, 0.5) is 5.69 Å². The average Bonchev–Trinajstić information content (AvgIpc) is 2.79. The second kappa shape index (κ2) is 3.38. The number of pyridine rings is 1. The van der Waals surface area contributed by atoms with Gasteiger partial charge >= 0.3 is 0 Å². The third-order valence-electron chi connectivity index (χ3n) is 3.91. The van der Waals surface area contributed by atoms with Gasteiger partial charge in [0.15, 0.2) is 0 Å². The minimum Gasteiger partial charge on any atom is -0.376 e. The number of fused-ring (bicyclic) bond motifs is 2. The fourth-order valence-electron chi connectivity index (χ4n) is 3.00. The molecule has 1 aliphatic heterocycles. The summed E-state index contributed by atoms with van der Waals surface area (Å²) in [5, 5.41) is 4.87. The number of hydrogen-bond donors (Lipinski definition) is 2. The molecule has 0 amide bonds. The molecule has 3 heteroatoms. The Balaban J connectivity index is 2.21. The molecule has 1 aliphatic rings. The maximum absolute atomic E-state index is 4.44. The molecule has 1 aromatic carbocycles. The Labute approximate surface area is 111 Å². The number of H-pyrrole nitrogens is 1. The topological polar surface area (TPSA) is 40.7 Å². The first-order valence-corrected chi connectivity index (χ1v) is 6.51. The van der Waals surface area contributed by atoms with Crippen LogP contribution in [0.5, 0.6) is 0 Å². The zero-order chi connectivity index (χ0) is 13.0. The molecule has 3 aromatic rings. The van der Waals surface area contributed by atoms with Crippen LogP contribution >= 0.6 is 0 Å². The quantitative estimate of drug-likeness (QED) is 0.634. The summed E-state index contributed by atoms with van der Waals surface area (Å²) in [7, 11) is 0. The third-order valence-corrected chi connectivity index (χ3v) is 3.91. The number of para-hydroxylation sites is 1. The Bertz CT molecular complexity index is 784. The Morgan fingerprint density at radius 2 is 1.89 bits per heavy atom. The number of anilines is 1. The van der Waals surface area contributed by atoms with Crippen LogP contribution in [-0.2, 0) is 5.54 Å². The van der Waals surface area contributed by atoms with E-state index in [1.807, 2.05) is 6.20 Å². The van der Waals surface area contributed by atoms with E-state index in [0.717, 1.165) is 5.65 Å². The van der Waals surface area contributed by atoms with E-state index in [1.54, 1.807) is 0 Å². The molecule has 94 valence electrons. The van der Waals surface area contributed by atoms with Crippen LogP contribution < -0.4 is 5.32 Å². The van der Waals surface area contributed by atoms with Crippen LogP contribution in [0.15, 0.2) is 42.7 Å². The largest absolute Gasteiger partial charge is 0.376 e. The highest BCUT2D eigenvalue weighted by Gasteiger charge is 2.29. The monoisotopic (exact) mass is 249 g/mol. The highest BCUT2D eigenvalue weighted by Crippen LogP contribution is 2.43. The van der Waals surface area contributed by atoms with Gasteiger partial charge in [-0.25, -0.2) is 4.98 Å². The lowest BCUT2D eigenvalue weighted by Gasteiger charge is -2.26. The molecule has 0 unspecified atom stereocenters. The van der Waals surface area contributed by atoms with Gasteiger partial charge in [-0.1, -0.05) is 18.2 Å². The molecule has 0 atom stereocenters. The lowest BCUT2D eigenvalue weighted by molar-refractivity contribution is 0.617. The summed E-state index contributed by atoms with van der Waals surface area (Å²) in [5.74, 6) is 0. The van der Waals surface area contributed by atoms with Crippen molar-refractivity contribution in [1.29, 1.82) is 0 Å². The van der Waals surface area contributed by atoms with Crippen molar-refractivity contribution in [3.63, 3.8) is 0 Å². The molecule has 4 rings (SSSR count). The van der Waals surface area contributed by atoms with Crippen LogP contribution in [0.2, 0.25) is 0 Å². The van der Waals surface area contributed by atoms with E-state index in [4.69, 9.17) is 0 Å². The maximum Gasteiger partial charge on any atom is 0.138 e. The van der Waals surface area contributed by atoms with E-state index in [9.17, 15) is 0 Å². The van der Waals surface area contributed by atoms with E-state index >= 15 is 0 Å². The summed E-state index contributed by atoms with van der Waals surface area (Å²) in [6.45, 7) is 4.41. The number of hydrogen-bond acceptors (Lipinski definition) is 2. The third kappa shape index (κ3) is 1.35. The molecule has 0 bridgehead atoms. The summed E-state index contributed by atoms with van der Waals surface area (Å²) in [4.78, 5) is 7.72. The molecular weight excluding hydrogens is 234 g/mol. The van der Waals surface area contributed by atoms with Gasteiger partial charge in [0.1, 0.15) is 5.65 Å². The number of rotatable bonds is 0. The SMILES string of the molecule is CC1(C)Nc2ccccc2-c2ccnc3[nH]cc1c23. The second-order valence-electron chi connectivity index (χ2n) is 5.58. The van der Waals surface area contributed by atoms with Crippen molar-refractivity contribution >= 4 is 16.7 Å². The molecular formula is C16H15N3. The zero-order valence-corrected chi connectivity index (χ0v) is 11.0. The number of nitrogens with one attached hydrogen (secondary N) is 2.